The number of nitrogens with zero attached hydrogens (tertiary/aromatic N) is 1. The number of unbranched alkanes of at least 4 members (excludes halogenated alkanes) is 13. The molecule has 0 aromatic carbocycles. The number of carbonyl (C=O) groups excluding carboxylic acids is 2. The van der Waals surface area contributed by atoms with Crippen LogP contribution in [-0.2, 0) is 9.53 Å². The zero-order chi connectivity index (χ0) is 23.0. The van der Waals surface area contributed by atoms with Crippen molar-refractivity contribution in [2.24, 2.45) is 5.92 Å². The molecule has 0 aliphatic carbocycles. The smallest absolute Gasteiger partial charge is 0.410 e. The van der Waals surface area contributed by atoms with Crippen molar-refractivity contribution < 1.29 is 14.3 Å². The predicted octanol–water partition coefficient (Wildman–Crippen LogP) is 6.84. The lowest BCUT2D eigenvalue weighted by molar-refractivity contribution is -0.124. The number of likely N-dealkylation sites (tertiary alicyclic amines) is 1. The van der Waals surface area contributed by atoms with E-state index in [4.69, 9.17) is 4.74 Å². The van der Waals surface area contributed by atoms with Crippen LogP contribution in [0.25, 0.3) is 0 Å². The van der Waals surface area contributed by atoms with E-state index < -0.39 is 5.60 Å². The Kier molecular flexibility index (Phi) is 14.7. The fourth-order valence-electron chi connectivity index (χ4n) is 4.14. The van der Waals surface area contributed by atoms with Crippen LogP contribution >= 0.6 is 0 Å². The number of hydrogen-bond donors (Lipinski definition) is 1. The molecule has 1 aliphatic heterocycles. The van der Waals surface area contributed by atoms with E-state index in [0.717, 1.165) is 19.4 Å². The SMILES string of the molecule is CCCCCCCCCCCCCCCCNC(=O)[C@H]1CCN(C(=O)OC(C)(C)C)C1. The molecule has 1 fully saturated rings. The maximum absolute atomic E-state index is 12.3. The van der Waals surface area contributed by atoms with E-state index in [1.54, 1.807) is 4.90 Å². The molecular formula is C26H50N2O3. The Bertz CT molecular complexity index is 488. The van der Waals surface area contributed by atoms with Crippen molar-refractivity contribution in [3.63, 3.8) is 0 Å². The molecule has 1 aliphatic rings. The van der Waals surface area contributed by atoms with E-state index in [2.05, 4.69) is 12.2 Å². The molecule has 5 nitrogen and oxygen atoms in total. The van der Waals surface area contributed by atoms with Crippen LogP contribution in [0.1, 0.15) is 124 Å². The van der Waals surface area contributed by atoms with Gasteiger partial charge in [0.25, 0.3) is 0 Å². The summed E-state index contributed by atoms with van der Waals surface area (Å²) in [6.07, 6.45) is 19.2. The number of hydrogen-bond acceptors (Lipinski definition) is 3. The van der Waals surface area contributed by atoms with Gasteiger partial charge in [-0.25, -0.2) is 4.79 Å². The molecule has 1 N–H and O–H groups in total. The van der Waals surface area contributed by atoms with Gasteiger partial charge in [0.15, 0.2) is 0 Å². The largest absolute Gasteiger partial charge is 0.444 e. The molecule has 0 unspecified atom stereocenters. The Hall–Kier alpha value is -1.26. The minimum absolute atomic E-state index is 0.0840. The van der Waals surface area contributed by atoms with Gasteiger partial charge in [-0.3, -0.25) is 4.79 Å². The van der Waals surface area contributed by atoms with Crippen molar-refractivity contribution in [1.82, 2.24) is 10.2 Å². The molecule has 1 rings (SSSR count). The summed E-state index contributed by atoms with van der Waals surface area (Å²) in [6, 6.07) is 0. The van der Waals surface area contributed by atoms with Crippen LogP contribution in [0.2, 0.25) is 0 Å². The molecule has 1 atom stereocenters. The summed E-state index contributed by atoms with van der Waals surface area (Å²) in [5, 5.41) is 3.06. The van der Waals surface area contributed by atoms with Gasteiger partial charge in [0.1, 0.15) is 5.60 Å². The normalized spacial score (nSPS) is 16.5. The molecule has 2 amide bonds. The zero-order valence-corrected chi connectivity index (χ0v) is 21.0. The van der Waals surface area contributed by atoms with Gasteiger partial charge in [0.05, 0.1) is 5.92 Å². The number of ether oxygens (including phenoxy) is 1. The maximum atomic E-state index is 12.3. The van der Waals surface area contributed by atoms with E-state index in [1.165, 1.54) is 83.5 Å². The highest BCUT2D eigenvalue weighted by Gasteiger charge is 2.33. The average Bonchev–Trinajstić information content (AvgIpc) is 3.20. The highest BCUT2D eigenvalue weighted by molar-refractivity contribution is 5.80. The van der Waals surface area contributed by atoms with E-state index in [1.807, 2.05) is 20.8 Å². The van der Waals surface area contributed by atoms with E-state index in [9.17, 15) is 9.59 Å². The van der Waals surface area contributed by atoms with Crippen LogP contribution in [-0.4, -0.2) is 42.1 Å². The topological polar surface area (TPSA) is 58.6 Å². The van der Waals surface area contributed by atoms with Crippen LogP contribution < -0.4 is 5.32 Å². The Labute approximate surface area is 192 Å². The van der Waals surface area contributed by atoms with Crippen molar-refractivity contribution in [3.05, 3.63) is 0 Å². The number of amides is 2. The summed E-state index contributed by atoms with van der Waals surface area (Å²) in [6.45, 7) is 9.69. The highest BCUT2D eigenvalue weighted by Crippen LogP contribution is 2.20. The van der Waals surface area contributed by atoms with E-state index in [0.29, 0.717) is 13.1 Å². The van der Waals surface area contributed by atoms with E-state index in [-0.39, 0.29) is 17.9 Å². The first-order valence-electron chi connectivity index (χ1n) is 13.1. The van der Waals surface area contributed by atoms with Gasteiger partial charge in [-0.1, -0.05) is 90.4 Å². The van der Waals surface area contributed by atoms with Gasteiger partial charge in [-0.15, -0.1) is 0 Å². The second-order valence-electron chi connectivity index (χ2n) is 10.3. The van der Waals surface area contributed by atoms with Crippen LogP contribution in [0.15, 0.2) is 0 Å². The average molecular weight is 439 g/mol. The fraction of sp³-hybridized carbons (Fsp3) is 0.923. The number of carbonyl (C=O) groups is 2. The molecule has 182 valence electrons. The Morgan fingerprint density at radius 2 is 1.32 bits per heavy atom. The summed E-state index contributed by atoms with van der Waals surface area (Å²) < 4.78 is 5.40. The van der Waals surface area contributed by atoms with Crippen LogP contribution in [0.3, 0.4) is 0 Å². The summed E-state index contributed by atoms with van der Waals surface area (Å²) in [5.74, 6) is -0.0140. The second-order valence-corrected chi connectivity index (χ2v) is 10.3. The lowest BCUT2D eigenvalue weighted by atomic mass is 10.0. The van der Waals surface area contributed by atoms with Gasteiger partial charge >= 0.3 is 6.09 Å². The lowest BCUT2D eigenvalue weighted by Crippen LogP contribution is -2.37. The standard InChI is InChI=1S/C26H50N2O3/c1-5-6-7-8-9-10-11-12-13-14-15-16-17-18-20-27-24(29)23-19-21-28(22-23)25(30)31-26(2,3)4/h23H,5-22H2,1-4H3,(H,27,29)/t23-/m0/s1. The quantitative estimate of drug-likeness (QED) is 0.268. The van der Waals surface area contributed by atoms with Crippen LogP contribution in [0.4, 0.5) is 4.79 Å². The molecule has 0 spiro atoms. The third kappa shape index (κ3) is 14.4. The van der Waals surface area contributed by atoms with Crippen LogP contribution in [0.5, 0.6) is 0 Å². The lowest BCUT2D eigenvalue weighted by Gasteiger charge is -2.24. The van der Waals surface area contributed by atoms with Gasteiger partial charge in [-0.05, 0) is 33.6 Å². The molecule has 31 heavy (non-hydrogen) atoms. The first-order valence-corrected chi connectivity index (χ1v) is 13.1. The fourth-order valence-corrected chi connectivity index (χ4v) is 4.14. The molecular weight excluding hydrogens is 388 g/mol. The Morgan fingerprint density at radius 1 is 0.839 bits per heavy atom. The van der Waals surface area contributed by atoms with Crippen molar-refractivity contribution in [2.75, 3.05) is 19.6 Å². The minimum Gasteiger partial charge on any atom is -0.444 e. The van der Waals surface area contributed by atoms with Crippen molar-refractivity contribution in [3.8, 4) is 0 Å². The molecule has 1 saturated heterocycles. The molecule has 0 bridgehead atoms. The zero-order valence-electron chi connectivity index (χ0n) is 21.0. The first-order chi connectivity index (χ1) is 14.8. The summed E-state index contributed by atoms with van der Waals surface area (Å²) in [4.78, 5) is 26.1. The van der Waals surface area contributed by atoms with Crippen molar-refractivity contribution in [2.45, 2.75) is 130 Å². The molecule has 1 heterocycles. The molecule has 0 aromatic rings. The third-order valence-electron chi connectivity index (χ3n) is 6.04. The summed E-state index contributed by atoms with van der Waals surface area (Å²) in [7, 11) is 0. The first kappa shape index (κ1) is 27.8. The molecule has 0 saturated carbocycles. The molecule has 0 aromatic heterocycles. The van der Waals surface area contributed by atoms with Gasteiger partial charge < -0.3 is 15.0 Å². The van der Waals surface area contributed by atoms with Crippen molar-refractivity contribution >= 4 is 12.0 Å². The number of rotatable bonds is 16. The van der Waals surface area contributed by atoms with Gasteiger partial charge in [0.2, 0.25) is 5.91 Å². The van der Waals surface area contributed by atoms with Gasteiger partial charge in [-0.2, -0.15) is 0 Å². The Morgan fingerprint density at radius 3 is 1.81 bits per heavy atom. The molecule has 5 heteroatoms. The number of nitrogens with one attached hydrogen (secondary N) is 1. The third-order valence-corrected chi connectivity index (χ3v) is 6.04. The highest BCUT2D eigenvalue weighted by atomic mass is 16.6. The molecule has 0 radical (unpaired) electrons. The van der Waals surface area contributed by atoms with Gasteiger partial charge in [0, 0.05) is 19.6 Å². The minimum atomic E-state index is -0.495. The summed E-state index contributed by atoms with van der Waals surface area (Å²) in [5.41, 5.74) is -0.495. The van der Waals surface area contributed by atoms with Crippen molar-refractivity contribution in [1.29, 1.82) is 0 Å². The Balaban J connectivity index is 1.91. The maximum Gasteiger partial charge on any atom is 0.410 e. The van der Waals surface area contributed by atoms with Crippen LogP contribution in [0, 0.1) is 5.92 Å². The monoisotopic (exact) mass is 438 g/mol. The predicted molar refractivity (Wildman–Crippen MR) is 129 cm³/mol. The second kappa shape index (κ2) is 16.4. The summed E-state index contributed by atoms with van der Waals surface area (Å²) >= 11 is 0. The van der Waals surface area contributed by atoms with E-state index >= 15 is 0 Å².